The first-order chi connectivity index (χ1) is 14.8. The molecule has 30 heavy (non-hydrogen) atoms. The molecule has 4 heterocycles. The number of fused-ring (bicyclic) bond motifs is 9. The molecule has 0 atom stereocenters. The van der Waals surface area contributed by atoms with E-state index in [1.165, 1.54) is 61.9 Å². The van der Waals surface area contributed by atoms with Gasteiger partial charge in [-0.1, -0.05) is 0 Å². The first-order valence-electron chi connectivity index (χ1n) is 9.81. The summed E-state index contributed by atoms with van der Waals surface area (Å²) in [5.41, 5.74) is 0. The molecule has 0 aliphatic heterocycles. The topological polar surface area (TPSA) is 0 Å². The molecule has 0 unspecified atom stereocenters. The molecular formula is C26H12S3Se. The van der Waals surface area contributed by atoms with Crippen molar-refractivity contribution in [1.82, 2.24) is 0 Å². The summed E-state index contributed by atoms with van der Waals surface area (Å²) in [5.74, 6) is 0. The van der Waals surface area contributed by atoms with Crippen LogP contribution < -0.4 is 0 Å². The summed E-state index contributed by atoms with van der Waals surface area (Å²) < 4.78 is 8.83. The molecule has 140 valence electrons. The van der Waals surface area contributed by atoms with Crippen LogP contribution in [0.1, 0.15) is 0 Å². The summed E-state index contributed by atoms with van der Waals surface area (Å²) in [5, 5.41) is 15.5. The maximum absolute atomic E-state index is 2.45. The monoisotopic (exact) mass is 500 g/mol. The van der Waals surface area contributed by atoms with Crippen molar-refractivity contribution in [3.8, 4) is 0 Å². The normalized spacial score (nSPS) is 12.7. The van der Waals surface area contributed by atoms with Gasteiger partial charge in [0.2, 0.25) is 0 Å². The molecule has 0 nitrogen and oxygen atoms in total. The van der Waals surface area contributed by atoms with Crippen molar-refractivity contribution in [2.45, 2.75) is 0 Å². The van der Waals surface area contributed by atoms with E-state index in [0.717, 1.165) is 0 Å². The number of hydrogen-bond acceptors (Lipinski definition) is 3. The average Bonchev–Trinajstić information content (AvgIpc) is 3.51. The van der Waals surface area contributed by atoms with Gasteiger partial charge in [0.15, 0.2) is 0 Å². The Bertz CT molecular complexity index is 1810. The molecule has 0 aliphatic rings. The zero-order chi connectivity index (χ0) is 19.4. The van der Waals surface area contributed by atoms with Crippen LogP contribution in [0.15, 0.2) is 71.4 Å². The van der Waals surface area contributed by atoms with E-state index < -0.39 is 0 Å². The predicted octanol–water partition coefficient (Wildman–Crippen LogP) is 9.00. The van der Waals surface area contributed by atoms with Crippen LogP contribution in [0.25, 0.3) is 70.4 Å². The molecule has 8 aromatic rings. The second-order valence-electron chi connectivity index (χ2n) is 7.87. The van der Waals surface area contributed by atoms with Crippen LogP contribution in [0.5, 0.6) is 0 Å². The van der Waals surface area contributed by atoms with Crippen molar-refractivity contribution in [3.05, 3.63) is 71.4 Å². The van der Waals surface area contributed by atoms with E-state index >= 15 is 0 Å². The van der Waals surface area contributed by atoms with Crippen LogP contribution in [0.2, 0.25) is 0 Å². The molecule has 8 rings (SSSR count). The Morgan fingerprint density at radius 2 is 1.13 bits per heavy atom. The molecule has 0 amide bonds. The van der Waals surface area contributed by atoms with Crippen LogP contribution in [-0.2, 0) is 0 Å². The van der Waals surface area contributed by atoms with E-state index in [1.807, 2.05) is 34.0 Å². The molecule has 4 heteroatoms. The second kappa shape index (κ2) is 5.73. The van der Waals surface area contributed by atoms with Gasteiger partial charge in [-0.25, -0.2) is 0 Å². The van der Waals surface area contributed by atoms with Gasteiger partial charge in [-0.05, 0) is 0 Å². The summed E-state index contributed by atoms with van der Waals surface area (Å²) in [6.07, 6.45) is 0. The standard InChI is InChI=1S/C26H12S3Se/c1-3-27-21-9-17-7-19-23(11-15(17)5-13(1)21)29-25-20-8-18-10-22-14(2-4-28-22)6-16(18)12-24(20)30-26(19)25/h1-12H. The minimum atomic E-state index is 0.376. The van der Waals surface area contributed by atoms with Crippen molar-refractivity contribution in [1.29, 1.82) is 0 Å². The van der Waals surface area contributed by atoms with Gasteiger partial charge < -0.3 is 0 Å². The van der Waals surface area contributed by atoms with Gasteiger partial charge >= 0.3 is 190 Å². The Morgan fingerprint density at radius 3 is 1.87 bits per heavy atom. The first-order valence-corrected chi connectivity index (χ1v) is 14.1. The fourth-order valence-corrected chi connectivity index (χ4v) is 10.7. The van der Waals surface area contributed by atoms with E-state index in [4.69, 9.17) is 0 Å². The summed E-state index contributed by atoms with van der Waals surface area (Å²) in [4.78, 5) is 0. The number of hydrogen-bond donors (Lipinski definition) is 0. The Labute approximate surface area is 189 Å². The fraction of sp³-hybridized carbons (Fsp3) is 0. The molecule has 0 saturated carbocycles. The number of benzene rings is 4. The van der Waals surface area contributed by atoms with Gasteiger partial charge in [-0.15, -0.1) is 0 Å². The van der Waals surface area contributed by atoms with Crippen LogP contribution in [-0.4, -0.2) is 14.5 Å². The van der Waals surface area contributed by atoms with Crippen LogP contribution in [0, 0.1) is 0 Å². The Kier molecular flexibility index (Phi) is 3.15. The van der Waals surface area contributed by atoms with Gasteiger partial charge in [-0.3, -0.25) is 0 Å². The van der Waals surface area contributed by atoms with Crippen molar-refractivity contribution >= 4 is 119 Å². The second-order valence-corrected chi connectivity index (χ2v) is 13.0. The van der Waals surface area contributed by atoms with Gasteiger partial charge in [0.1, 0.15) is 0 Å². The maximum atomic E-state index is 2.45. The summed E-state index contributed by atoms with van der Waals surface area (Å²) >= 11 is 6.03. The van der Waals surface area contributed by atoms with Crippen molar-refractivity contribution in [2.24, 2.45) is 0 Å². The Hall–Kier alpha value is -2.20. The third-order valence-corrected chi connectivity index (χ3v) is 11.9. The minimum absolute atomic E-state index is 0.376. The Morgan fingerprint density at radius 1 is 0.533 bits per heavy atom. The third-order valence-electron chi connectivity index (χ3n) is 6.14. The average molecular weight is 500 g/mol. The van der Waals surface area contributed by atoms with Gasteiger partial charge in [0.25, 0.3) is 0 Å². The van der Waals surface area contributed by atoms with Crippen LogP contribution in [0.3, 0.4) is 0 Å². The summed E-state index contributed by atoms with van der Waals surface area (Å²) in [6.45, 7) is 0. The van der Waals surface area contributed by atoms with Gasteiger partial charge in [0.05, 0.1) is 0 Å². The van der Waals surface area contributed by atoms with Crippen molar-refractivity contribution in [2.75, 3.05) is 0 Å². The zero-order valence-corrected chi connectivity index (χ0v) is 19.7. The fourth-order valence-electron chi connectivity index (χ4n) is 4.67. The first kappa shape index (κ1) is 16.5. The van der Waals surface area contributed by atoms with E-state index in [2.05, 4.69) is 71.4 Å². The summed E-state index contributed by atoms with van der Waals surface area (Å²) in [6, 6.07) is 23.7. The number of rotatable bonds is 0. The van der Waals surface area contributed by atoms with Gasteiger partial charge in [0, 0.05) is 0 Å². The molecule has 4 aromatic heterocycles. The summed E-state index contributed by atoms with van der Waals surface area (Å²) in [7, 11) is 0. The van der Waals surface area contributed by atoms with E-state index in [0.29, 0.717) is 14.5 Å². The zero-order valence-electron chi connectivity index (χ0n) is 15.6. The third kappa shape index (κ3) is 2.16. The van der Waals surface area contributed by atoms with Crippen molar-refractivity contribution < 1.29 is 0 Å². The quantitative estimate of drug-likeness (QED) is 0.183. The van der Waals surface area contributed by atoms with Crippen molar-refractivity contribution in [3.63, 3.8) is 0 Å². The van der Waals surface area contributed by atoms with Gasteiger partial charge in [-0.2, -0.15) is 0 Å². The van der Waals surface area contributed by atoms with Crippen LogP contribution in [0.4, 0.5) is 0 Å². The molecule has 0 fully saturated rings. The molecule has 0 aliphatic carbocycles. The molecule has 0 spiro atoms. The Balaban J connectivity index is 1.49. The molecule has 0 bridgehead atoms. The predicted molar refractivity (Wildman–Crippen MR) is 140 cm³/mol. The molecular weight excluding hydrogens is 487 g/mol. The van der Waals surface area contributed by atoms with E-state index in [1.54, 1.807) is 8.52 Å². The molecule has 0 radical (unpaired) electrons. The molecule has 0 saturated heterocycles. The van der Waals surface area contributed by atoms with Crippen LogP contribution >= 0.6 is 34.0 Å². The number of thiophene rings is 3. The van der Waals surface area contributed by atoms with E-state index in [9.17, 15) is 0 Å². The molecule has 0 N–H and O–H groups in total. The SMILES string of the molecule is c1cc2cc3cc4[se]c5c6cc7cc8sccc8cc7cc6sc5c4cc3cc2s1. The molecule has 4 aromatic carbocycles. The van der Waals surface area contributed by atoms with E-state index in [-0.39, 0.29) is 0 Å².